The number of hydrogen-bond acceptors (Lipinski definition) is 6. The van der Waals surface area contributed by atoms with Crippen molar-refractivity contribution in [3.05, 3.63) is 10.8 Å². The molecule has 90 valence electrons. The maximum atomic E-state index is 11.0. The van der Waals surface area contributed by atoms with E-state index in [0.717, 1.165) is 0 Å². The van der Waals surface area contributed by atoms with E-state index in [0.29, 0.717) is 22.7 Å². The molecule has 0 saturated heterocycles. The van der Waals surface area contributed by atoms with Crippen LogP contribution in [0.25, 0.3) is 0 Å². The molecular weight excluding hydrogens is 296 g/mol. The van der Waals surface area contributed by atoms with Gasteiger partial charge in [-0.3, -0.25) is 0 Å². The van der Waals surface area contributed by atoms with Crippen LogP contribution >= 0.6 is 15.9 Å². The lowest BCUT2D eigenvalue weighted by atomic mass is 10.5. The van der Waals surface area contributed by atoms with Crippen LogP contribution in [-0.4, -0.2) is 44.0 Å². The molecule has 2 N–H and O–H groups in total. The molecule has 0 saturated carbocycles. The average Bonchev–Trinajstić information content (AvgIpc) is 2.17. The van der Waals surface area contributed by atoms with Crippen molar-refractivity contribution in [1.29, 1.82) is 0 Å². The predicted molar refractivity (Wildman–Crippen MR) is 67.1 cm³/mol. The summed E-state index contributed by atoms with van der Waals surface area (Å²) >= 11 is 3.26. The van der Waals surface area contributed by atoms with Gasteiger partial charge in [0.1, 0.15) is 32.3 Å². The molecule has 8 heteroatoms. The SMILES string of the molecule is CN(CCS(C)(=O)=O)c1ncnc(N)c1Br. The van der Waals surface area contributed by atoms with E-state index in [1.165, 1.54) is 12.6 Å². The number of nitrogen functional groups attached to an aromatic ring is 1. The molecule has 0 fully saturated rings. The van der Waals surface area contributed by atoms with Gasteiger partial charge in [-0.25, -0.2) is 18.4 Å². The van der Waals surface area contributed by atoms with E-state index in [4.69, 9.17) is 5.73 Å². The molecule has 1 aromatic heterocycles. The zero-order valence-corrected chi connectivity index (χ0v) is 11.4. The van der Waals surface area contributed by atoms with E-state index >= 15 is 0 Å². The van der Waals surface area contributed by atoms with E-state index in [1.807, 2.05) is 0 Å². The second-order valence-electron chi connectivity index (χ2n) is 3.45. The third-order valence-corrected chi connectivity index (χ3v) is 3.64. The smallest absolute Gasteiger partial charge is 0.149 e. The van der Waals surface area contributed by atoms with Gasteiger partial charge in [-0.1, -0.05) is 0 Å². The minimum atomic E-state index is -2.98. The molecule has 6 nitrogen and oxygen atoms in total. The standard InChI is InChI=1S/C8H13BrN4O2S/c1-13(3-4-16(2,14)15)8-6(9)7(10)11-5-12-8/h5H,3-4H2,1-2H3,(H2,10,11,12). The van der Waals surface area contributed by atoms with Crippen molar-refractivity contribution < 1.29 is 8.42 Å². The fourth-order valence-corrected chi connectivity index (χ4v) is 2.16. The summed E-state index contributed by atoms with van der Waals surface area (Å²) in [6, 6.07) is 0. The van der Waals surface area contributed by atoms with Crippen molar-refractivity contribution in [2.24, 2.45) is 0 Å². The molecule has 1 heterocycles. The first-order valence-corrected chi connectivity index (χ1v) is 7.31. The average molecular weight is 309 g/mol. The summed E-state index contributed by atoms with van der Waals surface area (Å²) < 4.78 is 22.6. The highest BCUT2D eigenvalue weighted by Gasteiger charge is 2.12. The van der Waals surface area contributed by atoms with Gasteiger partial charge in [-0.2, -0.15) is 0 Å². The van der Waals surface area contributed by atoms with Crippen LogP contribution in [0.1, 0.15) is 0 Å². The van der Waals surface area contributed by atoms with Crippen molar-refractivity contribution in [3.63, 3.8) is 0 Å². The number of rotatable bonds is 4. The first kappa shape index (κ1) is 13.2. The van der Waals surface area contributed by atoms with Gasteiger partial charge in [0.25, 0.3) is 0 Å². The monoisotopic (exact) mass is 308 g/mol. The van der Waals surface area contributed by atoms with Crippen molar-refractivity contribution in [2.75, 3.05) is 36.2 Å². The van der Waals surface area contributed by atoms with Gasteiger partial charge in [0.15, 0.2) is 0 Å². The van der Waals surface area contributed by atoms with Gasteiger partial charge < -0.3 is 10.6 Å². The number of sulfone groups is 1. The zero-order chi connectivity index (χ0) is 12.3. The Kier molecular flexibility index (Phi) is 4.09. The third-order valence-electron chi connectivity index (χ3n) is 1.96. The van der Waals surface area contributed by atoms with Gasteiger partial charge in [-0.15, -0.1) is 0 Å². The molecule has 0 aliphatic heterocycles. The van der Waals surface area contributed by atoms with Crippen LogP contribution in [0.4, 0.5) is 11.6 Å². The Morgan fingerprint density at radius 2 is 2.12 bits per heavy atom. The summed E-state index contributed by atoms with van der Waals surface area (Å²) in [5.41, 5.74) is 5.60. The summed E-state index contributed by atoms with van der Waals surface area (Å²) in [5, 5.41) is 0. The van der Waals surface area contributed by atoms with Crippen LogP contribution in [-0.2, 0) is 9.84 Å². The maximum absolute atomic E-state index is 11.0. The normalized spacial score (nSPS) is 11.4. The van der Waals surface area contributed by atoms with Gasteiger partial charge in [0, 0.05) is 19.8 Å². The second-order valence-corrected chi connectivity index (χ2v) is 6.50. The molecule has 0 aliphatic rings. The molecule has 0 spiro atoms. The van der Waals surface area contributed by atoms with Gasteiger partial charge >= 0.3 is 0 Å². The molecule has 1 aromatic rings. The van der Waals surface area contributed by atoms with Crippen molar-refractivity contribution in [2.45, 2.75) is 0 Å². The van der Waals surface area contributed by atoms with Crippen molar-refractivity contribution in [1.82, 2.24) is 9.97 Å². The number of anilines is 2. The van der Waals surface area contributed by atoms with E-state index in [2.05, 4.69) is 25.9 Å². The van der Waals surface area contributed by atoms with Crippen LogP contribution in [0.15, 0.2) is 10.8 Å². The fraction of sp³-hybridized carbons (Fsp3) is 0.500. The summed E-state index contributed by atoms with van der Waals surface area (Å²) in [6.07, 6.45) is 2.54. The quantitative estimate of drug-likeness (QED) is 0.860. The summed E-state index contributed by atoms with van der Waals surface area (Å²) in [7, 11) is -1.23. The molecule has 0 unspecified atom stereocenters. The first-order valence-electron chi connectivity index (χ1n) is 4.46. The second kappa shape index (κ2) is 4.96. The van der Waals surface area contributed by atoms with E-state index in [1.54, 1.807) is 11.9 Å². The molecular formula is C8H13BrN4O2S. The van der Waals surface area contributed by atoms with E-state index in [9.17, 15) is 8.42 Å². The largest absolute Gasteiger partial charge is 0.383 e. The van der Waals surface area contributed by atoms with E-state index < -0.39 is 9.84 Å². The third kappa shape index (κ3) is 3.60. The molecule has 0 bridgehead atoms. The highest BCUT2D eigenvalue weighted by atomic mass is 79.9. The minimum absolute atomic E-state index is 0.0693. The predicted octanol–water partition coefficient (Wildman–Crippen LogP) is 0.302. The minimum Gasteiger partial charge on any atom is -0.383 e. The zero-order valence-electron chi connectivity index (χ0n) is 9.01. The molecule has 16 heavy (non-hydrogen) atoms. The van der Waals surface area contributed by atoms with Crippen LogP contribution in [0.2, 0.25) is 0 Å². The number of nitrogens with zero attached hydrogens (tertiary/aromatic N) is 3. The maximum Gasteiger partial charge on any atom is 0.149 e. The number of nitrogens with two attached hydrogens (primary N) is 1. The Bertz CT molecular complexity index is 477. The Hall–Kier alpha value is -0.890. The van der Waals surface area contributed by atoms with Crippen molar-refractivity contribution >= 4 is 37.4 Å². The molecule has 0 radical (unpaired) electrons. The Labute approximate surface area is 103 Å². The van der Waals surface area contributed by atoms with Gasteiger partial charge in [-0.05, 0) is 15.9 Å². The summed E-state index contributed by atoms with van der Waals surface area (Å²) in [4.78, 5) is 9.55. The molecule has 0 atom stereocenters. The fourth-order valence-electron chi connectivity index (χ4n) is 1.05. The number of hydrogen-bond donors (Lipinski definition) is 1. The summed E-state index contributed by atoms with van der Waals surface area (Å²) in [6.45, 7) is 0.355. The molecule has 1 rings (SSSR count). The highest BCUT2D eigenvalue weighted by molar-refractivity contribution is 9.10. The first-order chi connectivity index (χ1) is 7.31. The topological polar surface area (TPSA) is 89.2 Å². The summed E-state index contributed by atoms with van der Waals surface area (Å²) in [5.74, 6) is 0.979. The van der Waals surface area contributed by atoms with E-state index in [-0.39, 0.29) is 5.75 Å². The van der Waals surface area contributed by atoms with Gasteiger partial charge in [0.05, 0.1) is 5.75 Å². The number of halogens is 1. The van der Waals surface area contributed by atoms with Crippen LogP contribution in [0, 0.1) is 0 Å². The Morgan fingerprint density at radius 1 is 1.50 bits per heavy atom. The molecule has 0 aliphatic carbocycles. The van der Waals surface area contributed by atoms with Crippen LogP contribution in [0.5, 0.6) is 0 Å². The Balaban J connectivity index is 2.81. The van der Waals surface area contributed by atoms with Crippen molar-refractivity contribution in [3.8, 4) is 0 Å². The lowest BCUT2D eigenvalue weighted by Gasteiger charge is -2.18. The van der Waals surface area contributed by atoms with Gasteiger partial charge in [0.2, 0.25) is 0 Å². The van der Waals surface area contributed by atoms with Crippen LogP contribution < -0.4 is 10.6 Å². The van der Waals surface area contributed by atoms with Crippen LogP contribution in [0.3, 0.4) is 0 Å². The lowest BCUT2D eigenvalue weighted by molar-refractivity contribution is 0.601. The molecule has 0 amide bonds. The highest BCUT2D eigenvalue weighted by Crippen LogP contribution is 2.26. The molecule has 0 aromatic carbocycles. The Morgan fingerprint density at radius 3 is 2.69 bits per heavy atom. The lowest BCUT2D eigenvalue weighted by Crippen LogP contribution is -2.26. The number of aromatic nitrogens is 2.